The number of anilines is 2. The molecule has 1 rings (SSSR count). The fraction of sp³-hybridized carbons (Fsp3) is 0.500. The van der Waals surface area contributed by atoms with Crippen molar-refractivity contribution in [2.45, 2.75) is 39.5 Å². The van der Waals surface area contributed by atoms with E-state index in [1.165, 1.54) is 0 Å². The van der Waals surface area contributed by atoms with Gasteiger partial charge in [-0.25, -0.2) is 8.78 Å². The first-order valence-corrected chi connectivity index (χ1v) is 7.45. The summed E-state index contributed by atoms with van der Waals surface area (Å²) < 4.78 is 28.9. The molecule has 0 spiro atoms. The van der Waals surface area contributed by atoms with Crippen LogP contribution in [0.1, 0.15) is 50.7 Å². The summed E-state index contributed by atoms with van der Waals surface area (Å²) in [5.41, 5.74) is -1.25. The minimum Gasteiger partial charge on any atom is -0.381 e. The first-order valence-electron chi connectivity index (χ1n) is 7.45. The van der Waals surface area contributed by atoms with E-state index in [0.29, 0.717) is 13.1 Å². The Morgan fingerprint density at radius 1 is 0.818 bits per heavy atom. The third kappa shape index (κ3) is 3.85. The minimum absolute atomic E-state index is 0.0717. The maximum atomic E-state index is 14.5. The van der Waals surface area contributed by atoms with Crippen LogP contribution in [0.4, 0.5) is 20.2 Å². The first-order chi connectivity index (χ1) is 10.6. The van der Waals surface area contributed by atoms with Crippen molar-refractivity contribution in [3.63, 3.8) is 0 Å². The van der Waals surface area contributed by atoms with E-state index in [0.717, 1.165) is 25.7 Å². The van der Waals surface area contributed by atoms with E-state index in [9.17, 15) is 8.78 Å². The van der Waals surface area contributed by atoms with Gasteiger partial charge in [-0.1, -0.05) is 26.7 Å². The van der Waals surface area contributed by atoms with Crippen molar-refractivity contribution in [2.24, 2.45) is 0 Å². The maximum absolute atomic E-state index is 14.5. The number of nitrogens with one attached hydrogen (secondary N) is 2. The van der Waals surface area contributed by atoms with E-state index in [1.807, 2.05) is 13.8 Å². The van der Waals surface area contributed by atoms with Gasteiger partial charge in [0.25, 0.3) is 0 Å². The molecule has 0 heterocycles. The van der Waals surface area contributed by atoms with Crippen LogP contribution in [0, 0.1) is 34.3 Å². The van der Waals surface area contributed by atoms with Gasteiger partial charge in [-0.15, -0.1) is 0 Å². The van der Waals surface area contributed by atoms with Gasteiger partial charge in [0.1, 0.15) is 23.3 Å². The molecule has 4 nitrogen and oxygen atoms in total. The Labute approximate surface area is 129 Å². The van der Waals surface area contributed by atoms with Crippen LogP contribution >= 0.6 is 0 Å². The van der Waals surface area contributed by atoms with Gasteiger partial charge in [-0.3, -0.25) is 0 Å². The Kier molecular flexibility index (Phi) is 7.12. The van der Waals surface area contributed by atoms with Crippen LogP contribution in [0.3, 0.4) is 0 Å². The van der Waals surface area contributed by atoms with Gasteiger partial charge < -0.3 is 10.6 Å². The Morgan fingerprint density at radius 2 is 1.18 bits per heavy atom. The second kappa shape index (κ2) is 8.84. The average Bonchev–Trinajstić information content (AvgIpc) is 2.52. The van der Waals surface area contributed by atoms with Gasteiger partial charge >= 0.3 is 0 Å². The van der Waals surface area contributed by atoms with Gasteiger partial charge in [-0.2, -0.15) is 10.5 Å². The van der Waals surface area contributed by atoms with E-state index >= 15 is 0 Å². The molecule has 1 aromatic rings. The van der Waals surface area contributed by atoms with E-state index in [1.54, 1.807) is 12.1 Å². The predicted molar refractivity (Wildman–Crippen MR) is 82.6 cm³/mol. The second-order valence-corrected chi connectivity index (χ2v) is 4.91. The van der Waals surface area contributed by atoms with Gasteiger partial charge in [0.15, 0.2) is 11.6 Å². The molecule has 0 fully saturated rings. The highest BCUT2D eigenvalue weighted by Gasteiger charge is 2.24. The molecule has 0 aliphatic carbocycles. The first kappa shape index (κ1) is 17.7. The molecular weight excluding hydrogens is 286 g/mol. The van der Waals surface area contributed by atoms with Crippen molar-refractivity contribution in [1.82, 2.24) is 0 Å². The van der Waals surface area contributed by atoms with Crippen LogP contribution in [0.5, 0.6) is 0 Å². The summed E-state index contributed by atoms with van der Waals surface area (Å²) in [6, 6.07) is 3.15. The predicted octanol–water partition coefficient (Wildman–Crippen LogP) is 4.13. The summed E-state index contributed by atoms with van der Waals surface area (Å²) in [5.74, 6) is -1.76. The van der Waals surface area contributed by atoms with E-state index in [-0.39, 0.29) is 11.4 Å². The Hall–Kier alpha value is -2.34. The lowest BCUT2D eigenvalue weighted by molar-refractivity contribution is 0.597. The number of rotatable bonds is 8. The maximum Gasteiger partial charge on any atom is 0.167 e. The topological polar surface area (TPSA) is 71.6 Å². The second-order valence-electron chi connectivity index (χ2n) is 4.91. The highest BCUT2D eigenvalue weighted by atomic mass is 19.1. The van der Waals surface area contributed by atoms with Crippen LogP contribution in [0.2, 0.25) is 0 Å². The number of hydrogen-bond acceptors (Lipinski definition) is 4. The van der Waals surface area contributed by atoms with Gasteiger partial charge in [-0.05, 0) is 12.8 Å². The smallest absolute Gasteiger partial charge is 0.167 e. The molecule has 0 radical (unpaired) electrons. The summed E-state index contributed by atoms with van der Waals surface area (Å²) in [7, 11) is 0. The zero-order valence-electron chi connectivity index (χ0n) is 12.9. The lowest BCUT2D eigenvalue weighted by atomic mass is 10.0. The molecule has 118 valence electrons. The van der Waals surface area contributed by atoms with Gasteiger partial charge in [0.2, 0.25) is 0 Å². The summed E-state index contributed by atoms with van der Waals surface area (Å²) in [6.45, 7) is 4.90. The summed E-state index contributed by atoms with van der Waals surface area (Å²) >= 11 is 0. The van der Waals surface area contributed by atoms with Crippen molar-refractivity contribution in [3.8, 4) is 12.1 Å². The molecule has 0 saturated heterocycles. The molecule has 0 saturated carbocycles. The monoisotopic (exact) mass is 306 g/mol. The Bertz CT molecular complexity index is 547. The SMILES string of the molecule is CCCCNc1c(F)c(C#N)c(C#N)c(F)c1NCCCC. The molecule has 0 aliphatic heterocycles. The molecule has 1 aromatic carbocycles. The number of benzene rings is 1. The third-order valence-electron chi connectivity index (χ3n) is 3.27. The zero-order chi connectivity index (χ0) is 16.5. The van der Waals surface area contributed by atoms with Crippen molar-refractivity contribution >= 4 is 11.4 Å². The summed E-state index contributed by atoms with van der Waals surface area (Å²) in [4.78, 5) is 0. The van der Waals surface area contributed by atoms with Crippen LogP contribution < -0.4 is 10.6 Å². The molecule has 0 atom stereocenters. The van der Waals surface area contributed by atoms with Crippen LogP contribution in [0.15, 0.2) is 0 Å². The molecule has 0 aromatic heterocycles. The lowest BCUT2D eigenvalue weighted by Gasteiger charge is -2.17. The highest BCUT2D eigenvalue weighted by molar-refractivity contribution is 5.76. The van der Waals surface area contributed by atoms with Crippen molar-refractivity contribution in [1.29, 1.82) is 10.5 Å². The highest BCUT2D eigenvalue weighted by Crippen LogP contribution is 2.34. The Balaban J connectivity index is 3.32. The number of halogens is 2. The van der Waals surface area contributed by atoms with E-state index in [4.69, 9.17) is 10.5 Å². The number of unbranched alkanes of at least 4 members (excludes halogenated alkanes) is 2. The van der Waals surface area contributed by atoms with Crippen molar-refractivity contribution in [3.05, 3.63) is 22.8 Å². The zero-order valence-corrected chi connectivity index (χ0v) is 12.9. The van der Waals surface area contributed by atoms with Gasteiger partial charge in [0, 0.05) is 13.1 Å². The van der Waals surface area contributed by atoms with Gasteiger partial charge in [0.05, 0.1) is 11.4 Å². The fourth-order valence-corrected chi connectivity index (χ4v) is 2.01. The summed E-state index contributed by atoms with van der Waals surface area (Å²) in [5, 5.41) is 23.7. The standard InChI is InChI=1S/C16H20F2N4/c1-3-5-7-21-15-13(17)11(9-19)12(10-20)14(18)16(15)22-8-6-4-2/h21-22H,3-8H2,1-2H3. The van der Waals surface area contributed by atoms with Crippen LogP contribution in [0.25, 0.3) is 0 Å². The number of nitriles is 2. The van der Waals surface area contributed by atoms with Crippen molar-refractivity contribution < 1.29 is 8.78 Å². The largest absolute Gasteiger partial charge is 0.381 e. The Morgan fingerprint density at radius 3 is 1.45 bits per heavy atom. The lowest BCUT2D eigenvalue weighted by Crippen LogP contribution is -2.13. The molecule has 2 N–H and O–H groups in total. The number of hydrogen-bond donors (Lipinski definition) is 2. The van der Waals surface area contributed by atoms with Crippen molar-refractivity contribution in [2.75, 3.05) is 23.7 Å². The van der Waals surface area contributed by atoms with E-state index in [2.05, 4.69) is 10.6 Å². The molecule has 22 heavy (non-hydrogen) atoms. The minimum atomic E-state index is -0.879. The van der Waals surface area contributed by atoms with Crippen LogP contribution in [-0.4, -0.2) is 13.1 Å². The van der Waals surface area contributed by atoms with E-state index < -0.39 is 22.8 Å². The molecule has 0 amide bonds. The molecular formula is C16H20F2N4. The normalized spacial score (nSPS) is 9.91. The third-order valence-corrected chi connectivity index (χ3v) is 3.27. The fourth-order valence-electron chi connectivity index (χ4n) is 2.01. The van der Waals surface area contributed by atoms with Crippen LogP contribution in [-0.2, 0) is 0 Å². The molecule has 6 heteroatoms. The summed E-state index contributed by atoms with van der Waals surface area (Å²) in [6.07, 6.45) is 3.38. The molecule has 0 unspecified atom stereocenters. The molecule has 0 aliphatic rings. The number of nitrogens with zero attached hydrogens (tertiary/aromatic N) is 2. The average molecular weight is 306 g/mol. The molecule has 0 bridgehead atoms. The quantitative estimate of drug-likeness (QED) is 0.708.